The molecule has 0 saturated carbocycles. The molecule has 0 heterocycles. The molecule has 6 heteroatoms. The second-order valence-corrected chi connectivity index (χ2v) is 19.5. The van der Waals surface area contributed by atoms with E-state index >= 15 is 0 Å². The van der Waals surface area contributed by atoms with Gasteiger partial charge in [0.1, 0.15) is 0 Å². The van der Waals surface area contributed by atoms with Crippen LogP contribution < -0.4 is 20.0 Å². The van der Waals surface area contributed by atoms with Crippen molar-refractivity contribution in [3.05, 3.63) is 205 Å². The van der Waals surface area contributed by atoms with Gasteiger partial charge in [-0.25, -0.2) is 0 Å². The van der Waals surface area contributed by atoms with E-state index < -0.39 is 0 Å². The molecule has 0 N–H and O–H groups in total. The van der Waals surface area contributed by atoms with Gasteiger partial charge in [-0.05, 0) is 37.8 Å². The fraction of sp³-hybridized carbons (Fsp3) is 0.111. The predicted octanol–water partition coefficient (Wildman–Crippen LogP) is 8.92. The molecule has 0 unspecified atom stereocenters. The molecule has 0 bridgehead atoms. The zero-order valence-corrected chi connectivity index (χ0v) is 41.8. The van der Waals surface area contributed by atoms with E-state index in [1.54, 1.807) is 0 Å². The third kappa shape index (κ3) is 12.7. The number of benzene rings is 6. The first-order valence-corrected chi connectivity index (χ1v) is 23.8. The number of hydrogen-bond donors (Lipinski definition) is 0. The summed E-state index contributed by atoms with van der Waals surface area (Å²) in [6, 6.07) is 69.4. The van der Waals surface area contributed by atoms with Crippen LogP contribution in [0.15, 0.2) is 194 Å². The van der Waals surface area contributed by atoms with Gasteiger partial charge in [0, 0.05) is 0 Å². The summed E-state index contributed by atoms with van der Waals surface area (Å²) in [5.41, 5.74) is 7.89. The molecule has 0 amide bonds. The summed E-state index contributed by atoms with van der Waals surface area (Å²) in [5.74, 6) is 0. The van der Waals surface area contributed by atoms with E-state index in [1.807, 2.05) is 0 Å². The first-order valence-electron chi connectivity index (χ1n) is 19.3. The smallest absolute Gasteiger partial charge is 1.00 e. The zero-order chi connectivity index (χ0) is 39.0. The molecule has 0 spiro atoms. The third-order valence-electron chi connectivity index (χ3n) is 10.2. The first-order chi connectivity index (χ1) is 27.2. The third-order valence-corrected chi connectivity index (χ3v) is 12.8. The molecule has 10 aromatic rings. The molecule has 0 fully saturated rings. The van der Waals surface area contributed by atoms with Crippen LogP contribution in [0, 0.1) is 13.8 Å². The standard InChI is InChI=1S/2C16H13.2C11H12P.2FH.2Zr/c2*1-12-10-14-8-5-9-15(16(14)11-12)13-6-3-2-4-7-13;2*1-12(2)11-7-9-5-3-4-6-10(9)8-11;;;;/h2*2-11H,1H3;2*3-8H,1-2H3;2*1H;;/q4*-1;;;2*+2/p-2. The van der Waals surface area contributed by atoms with Gasteiger partial charge in [0.05, 0.1) is 0 Å². The second-order valence-electron chi connectivity index (χ2n) is 14.9. The van der Waals surface area contributed by atoms with E-state index in [1.165, 1.54) is 87.1 Å². The number of hydrogen-bond acceptors (Lipinski definition) is 0. The predicted molar refractivity (Wildman–Crippen MR) is 255 cm³/mol. The molecular weight excluding hydrogens is 931 g/mol. The second kappa shape index (κ2) is 24.0. The van der Waals surface area contributed by atoms with Gasteiger partial charge in [-0.15, -0.1) is 166 Å². The van der Waals surface area contributed by atoms with Crippen LogP contribution in [-0.2, 0) is 52.4 Å². The number of aryl methyl sites for hydroxylation is 2. The van der Waals surface area contributed by atoms with Gasteiger partial charge < -0.3 is 9.41 Å². The van der Waals surface area contributed by atoms with Gasteiger partial charge in [-0.1, -0.05) is 110 Å². The maximum atomic E-state index is 2.31. The number of rotatable bonds is 4. The summed E-state index contributed by atoms with van der Waals surface area (Å²) in [7, 11) is 0.115. The van der Waals surface area contributed by atoms with Crippen molar-refractivity contribution in [2.24, 2.45) is 0 Å². The molecule has 0 aliphatic rings. The largest absolute Gasteiger partial charge is 2.00 e. The quantitative estimate of drug-likeness (QED) is 0.122. The Labute approximate surface area is 396 Å². The molecule has 0 aliphatic carbocycles. The van der Waals surface area contributed by atoms with Gasteiger partial charge in [0.2, 0.25) is 0 Å². The summed E-state index contributed by atoms with van der Waals surface area (Å²) in [6.45, 7) is 13.5. The first kappa shape index (κ1) is 50.6. The van der Waals surface area contributed by atoms with Crippen molar-refractivity contribution in [3.8, 4) is 22.3 Å². The molecule has 0 atom stereocenters. The van der Waals surface area contributed by atoms with Gasteiger partial charge in [-0.2, -0.15) is 24.3 Å². The van der Waals surface area contributed by atoms with Gasteiger partial charge in [-0.3, -0.25) is 0 Å². The van der Waals surface area contributed by atoms with E-state index in [9.17, 15) is 0 Å². The van der Waals surface area contributed by atoms with Crippen LogP contribution in [0.2, 0.25) is 0 Å². The maximum absolute atomic E-state index is 2.31. The van der Waals surface area contributed by atoms with Crippen LogP contribution in [0.4, 0.5) is 0 Å². The average Bonchev–Trinajstić information content (AvgIpc) is 4.02. The molecular formula is C54H50F2P2Zr2-2. The molecule has 10 aromatic carbocycles. The van der Waals surface area contributed by atoms with E-state index in [4.69, 9.17) is 0 Å². The number of fused-ring (bicyclic) bond motifs is 4. The Balaban J connectivity index is 0.000000211. The molecule has 300 valence electrons. The Kier molecular flexibility index (Phi) is 20.3. The molecule has 0 aliphatic heterocycles. The SMILES string of the molecule is CP(C)c1cc2ccccc2[cH-]1.CP(C)c1cc2ccccc2[cH-]1.Cc1cc2c(-c3ccccc3)cccc2[cH-]1.Cc1cc2c(-c3ccccc3)cccc2[cH-]1.[F-].[F-].[Zr+2].[Zr+2]. The fourth-order valence-electron chi connectivity index (χ4n) is 7.29. The van der Waals surface area contributed by atoms with Crippen molar-refractivity contribution < 1.29 is 61.8 Å². The van der Waals surface area contributed by atoms with Crippen LogP contribution in [0.25, 0.3) is 65.3 Å². The van der Waals surface area contributed by atoms with Crippen molar-refractivity contribution in [1.29, 1.82) is 0 Å². The Bertz CT molecular complexity index is 2530. The van der Waals surface area contributed by atoms with E-state index in [-0.39, 0.29) is 77.7 Å². The molecule has 10 rings (SSSR count). The van der Waals surface area contributed by atoms with Crippen LogP contribution >= 0.6 is 15.8 Å². The van der Waals surface area contributed by atoms with Crippen molar-refractivity contribution in [2.75, 3.05) is 26.7 Å². The van der Waals surface area contributed by atoms with Crippen molar-refractivity contribution in [3.63, 3.8) is 0 Å². The summed E-state index contributed by atoms with van der Waals surface area (Å²) < 4.78 is 0. The van der Waals surface area contributed by atoms with Gasteiger partial charge >= 0.3 is 52.4 Å². The summed E-state index contributed by atoms with van der Waals surface area (Å²) in [6.07, 6.45) is 0. The number of halogens is 2. The Morgan fingerprint density at radius 3 is 1.03 bits per heavy atom. The van der Waals surface area contributed by atoms with Gasteiger partial charge in [0.25, 0.3) is 0 Å². The van der Waals surface area contributed by atoms with E-state index in [0.29, 0.717) is 0 Å². The fourth-order valence-corrected chi connectivity index (χ4v) is 8.88. The van der Waals surface area contributed by atoms with E-state index in [0.717, 1.165) is 0 Å². The minimum Gasteiger partial charge on any atom is -1.00 e. The normalized spacial score (nSPS) is 10.3. The van der Waals surface area contributed by atoms with Crippen molar-refractivity contribution in [2.45, 2.75) is 13.8 Å². The van der Waals surface area contributed by atoms with Crippen LogP contribution in [0.1, 0.15) is 11.1 Å². The van der Waals surface area contributed by atoms with Crippen LogP contribution in [0.3, 0.4) is 0 Å². The Hall–Kier alpha value is -3.75. The minimum absolute atomic E-state index is 0. The molecule has 60 heavy (non-hydrogen) atoms. The van der Waals surface area contributed by atoms with Crippen LogP contribution in [0.5, 0.6) is 0 Å². The maximum Gasteiger partial charge on any atom is 2.00 e. The van der Waals surface area contributed by atoms with Crippen molar-refractivity contribution in [1.82, 2.24) is 0 Å². The molecule has 0 radical (unpaired) electrons. The minimum atomic E-state index is 0. The zero-order valence-electron chi connectivity index (χ0n) is 35.1. The summed E-state index contributed by atoms with van der Waals surface area (Å²) in [5, 5.41) is 13.9. The van der Waals surface area contributed by atoms with Crippen LogP contribution in [-0.4, -0.2) is 26.7 Å². The monoisotopic (exact) mass is 978 g/mol. The summed E-state index contributed by atoms with van der Waals surface area (Å²) in [4.78, 5) is 0. The topological polar surface area (TPSA) is 0 Å². The molecule has 0 nitrogen and oxygen atoms in total. The van der Waals surface area contributed by atoms with Crippen molar-refractivity contribution >= 4 is 69.5 Å². The van der Waals surface area contributed by atoms with E-state index in [2.05, 4.69) is 235 Å². The Morgan fingerprint density at radius 1 is 0.350 bits per heavy atom. The Morgan fingerprint density at radius 2 is 0.683 bits per heavy atom. The molecule has 0 saturated heterocycles. The summed E-state index contributed by atoms with van der Waals surface area (Å²) >= 11 is 0. The van der Waals surface area contributed by atoms with Gasteiger partial charge in [0.15, 0.2) is 0 Å². The average molecular weight is 981 g/mol. The molecule has 0 aromatic heterocycles.